The van der Waals surface area contributed by atoms with Crippen molar-refractivity contribution in [2.45, 2.75) is 59.7 Å². The van der Waals surface area contributed by atoms with Gasteiger partial charge in [-0.1, -0.05) is 26.8 Å². The molecule has 2 heterocycles. The van der Waals surface area contributed by atoms with Crippen molar-refractivity contribution in [2.24, 2.45) is 5.41 Å². The quantitative estimate of drug-likeness (QED) is 0.471. The van der Waals surface area contributed by atoms with E-state index in [0.29, 0.717) is 12.3 Å². The van der Waals surface area contributed by atoms with Crippen molar-refractivity contribution in [1.82, 2.24) is 5.32 Å². The molecule has 0 saturated heterocycles. The Labute approximate surface area is 180 Å². The zero-order valence-electron chi connectivity index (χ0n) is 18.5. The number of furan rings is 1. The number of fused-ring (bicyclic) bond motifs is 1. The number of benzene rings is 1. The van der Waals surface area contributed by atoms with Crippen molar-refractivity contribution in [3.63, 3.8) is 0 Å². The average Bonchev–Trinajstić information content (AvgIpc) is 3.33. The van der Waals surface area contributed by atoms with Gasteiger partial charge in [0, 0.05) is 12.6 Å². The second-order valence-electron chi connectivity index (χ2n) is 8.99. The highest BCUT2D eigenvalue weighted by molar-refractivity contribution is 5.80. The Balaban J connectivity index is 1.71. The first-order chi connectivity index (χ1) is 14.6. The van der Waals surface area contributed by atoms with Crippen molar-refractivity contribution in [3.8, 4) is 0 Å². The summed E-state index contributed by atoms with van der Waals surface area (Å²) in [5.41, 5.74) is 0.735. The van der Waals surface area contributed by atoms with Gasteiger partial charge in [-0.15, -0.1) is 0 Å². The predicted octanol–water partition coefficient (Wildman–Crippen LogP) is 4.82. The molecule has 3 N–H and O–H groups in total. The molecule has 0 amide bonds. The summed E-state index contributed by atoms with van der Waals surface area (Å²) in [5.74, 6) is 0.995. The molecule has 4 rings (SSSR count). The Morgan fingerprint density at radius 3 is 2.52 bits per heavy atom. The summed E-state index contributed by atoms with van der Waals surface area (Å²) in [4.78, 5) is 24.9. The maximum absolute atomic E-state index is 14.7. The molecule has 0 bridgehead atoms. The Bertz CT molecular complexity index is 1200. The molecule has 2 aromatic carbocycles. The Morgan fingerprint density at radius 1 is 1.16 bits per heavy atom. The van der Waals surface area contributed by atoms with Crippen LogP contribution in [-0.2, 0) is 6.54 Å². The van der Waals surface area contributed by atoms with Crippen LogP contribution in [0.5, 0.6) is 0 Å². The van der Waals surface area contributed by atoms with E-state index < -0.39 is 16.7 Å². The molecule has 0 aliphatic carbocycles. The van der Waals surface area contributed by atoms with Crippen molar-refractivity contribution in [2.75, 3.05) is 10.6 Å². The first-order valence-corrected chi connectivity index (χ1v) is 10.6. The molecule has 0 saturated carbocycles. The Kier molecular flexibility index (Phi) is 5.25. The van der Waals surface area contributed by atoms with Gasteiger partial charge in [-0.25, -0.2) is 4.39 Å². The van der Waals surface area contributed by atoms with E-state index in [0.717, 1.165) is 23.3 Å². The second-order valence-corrected chi connectivity index (χ2v) is 8.99. The largest absolute Gasteiger partial charge is 0.464 e. The predicted molar refractivity (Wildman–Crippen MR) is 120 cm³/mol. The van der Waals surface area contributed by atoms with Crippen LogP contribution in [0.25, 0.3) is 0 Å². The molecule has 0 fully saturated rings. The summed E-state index contributed by atoms with van der Waals surface area (Å²) in [6, 6.07) is 6.65. The maximum Gasteiger partial charge on any atom is 0.253 e. The van der Waals surface area contributed by atoms with Crippen LogP contribution < -0.4 is 26.8 Å². The zero-order chi connectivity index (χ0) is 22.5. The van der Waals surface area contributed by atoms with Gasteiger partial charge in [0.15, 0.2) is 0 Å². The van der Waals surface area contributed by atoms with Gasteiger partial charge in [0.1, 0.15) is 28.7 Å². The minimum atomic E-state index is -0.651. The van der Waals surface area contributed by atoms with Crippen molar-refractivity contribution < 1.29 is 8.81 Å². The first-order valence-electron chi connectivity index (χ1n) is 10.6. The van der Waals surface area contributed by atoms with E-state index in [1.165, 1.54) is 6.07 Å². The van der Waals surface area contributed by atoms with E-state index in [1.54, 1.807) is 6.07 Å². The molecule has 1 aliphatic rings. The van der Waals surface area contributed by atoms with Crippen LogP contribution in [0.4, 0.5) is 21.5 Å². The summed E-state index contributed by atoms with van der Waals surface area (Å²) in [6.07, 6.45) is 0.812. The van der Waals surface area contributed by atoms with E-state index in [-0.39, 0.29) is 34.6 Å². The number of anilines is 3. The highest BCUT2D eigenvalue weighted by atomic mass is 19.1. The number of hydrogen-bond donors (Lipinski definition) is 3. The fraction of sp³-hybridized carbons (Fsp3) is 0.417. The smallest absolute Gasteiger partial charge is 0.253 e. The van der Waals surface area contributed by atoms with Crippen LogP contribution in [0.2, 0.25) is 0 Å². The van der Waals surface area contributed by atoms with E-state index in [4.69, 9.17) is 4.42 Å². The molecule has 0 radical (unpaired) electrons. The first kappa shape index (κ1) is 21.3. The normalized spacial score (nSPS) is 17.0. The summed E-state index contributed by atoms with van der Waals surface area (Å²) >= 11 is 0. The van der Waals surface area contributed by atoms with Gasteiger partial charge in [0.2, 0.25) is 0 Å². The molecule has 6 nitrogen and oxygen atoms in total. The number of aryl methyl sites for hydroxylation is 1. The number of nitrogens with one attached hydrogen (secondary N) is 3. The summed E-state index contributed by atoms with van der Waals surface area (Å²) in [5, 5.41) is 9.44. The van der Waals surface area contributed by atoms with Crippen LogP contribution >= 0.6 is 0 Å². The van der Waals surface area contributed by atoms with Crippen molar-refractivity contribution in [3.05, 3.63) is 73.2 Å². The Hall–Kier alpha value is -2.93. The lowest BCUT2D eigenvalue weighted by molar-refractivity contribution is 0.262. The van der Waals surface area contributed by atoms with Crippen LogP contribution in [0.15, 0.2) is 38.3 Å². The highest BCUT2D eigenvalue weighted by Gasteiger charge is 2.35. The fourth-order valence-corrected chi connectivity index (χ4v) is 4.11. The molecule has 3 aromatic rings. The Morgan fingerprint density at radius 2 is 1.87 bits per heavy atom. The molecule has 31 heavy (non-hydrogen) atoms. The molecule has 1 aromatic heterocycles. The molecule has 2 atom stereocenters. The topological polar surface area (TPSA) is 83.4 Å². The van der Waals surface area contributed by atoms with E-state index in [2.05, 4.69) is 36.7 Å². The van der Waals surface area contributed by atoms with Gasteiger partial charge < -0.3 is 20.4 Å². The van der Waals surface area contributed by atoms with Gasteiger partial charge >= 0.3 is 0 Å². The lowest BCUT2D eigenvalue weighted by Gasteiger charge is -2.34. The van der Waals surface area contributed by atoms with Crippen molar-refractivity contribution >= 4 is 17.1 Å². The van der Waals surface area contributed by atoms with E-state index in [9.17, 15) is 14.0 Å². The standard InChI is InChI=1S/C24H28FN3O3/c1-6-24(4,5)23(17-10-7-12(2)31-17)28-20-19(21(29)22(20)30)27-18-15-11-26-13(3)14(15)8-9-16(18)25/h7-10,13,23,26-28H,6,11H2,1-5H3/t13?,23-/m0/s1. The molecule has 1 unspecified atom stereocenters. The maximum atomic E-state index is 14.7. The summed E-state index contributed by atoms with van der Waals surface area (Å²) in [7, 11) is 0. The van der Waals surface area contributed by atoms with Crippen LogP contribution in [0.1, 0.15) is 68.8 Å². The zero-order valence-corrected chi connectivity index (χ0v) is 18.5. The number of halogens is 1. The molecule has 7 heteroatoms. The van der Waals surface area contributed by atoms with Crippen LogP contribution in [-0.4, -0.2) is 0 Å². The third-order valence-electron chi connectivity index (χ3n) is 6.54. The lowest BCUT2D eigenvalue weighted by Crippen LogP contribution is -2.40. The molecular weight excluding hydrogens is 397 g/mol. The highest BCUT2D eigenvalue weighted by Crippen LogP contribution is 2.41. The van der Waals surface area contributed by atoms with Gasteiger partial charge in [0.25, 0.3) is 10.9 Å². The second kappa shape index (κ2) is 7.64. The van der Waals surface area contributed by atoms with Gasteiger partial charge in [-0.05, 0) is 55.0 Å². The molecule has 1 aliphatic heterocycles. The summed E-state index contributed by atoms with van der Waals surface area (Å²) in [6.45, 7) is 10.5. The minimum absolute atomic E-state index is 0.0945. The van der Waals surface area contributed by atoms with E-state index >= 15 is 0 Å². The summed E-state index contributed by atoms with van der Waals surface area (Å²) < 4.78 is 20.5. The average molecular weight is 426 g/mol. The fourth-order valence-electron chi connectivity index (χ4n) is 4.11. The van der Waals surface area contributed by atoms with Gasteiger partial charge in [-0.2, -0.15) is 0 Å². The van der Waals surface area contributed by atoms with E-state index in [1.807, 2.05) is 26.0 Å². The molecule has 164 valence electrons. The van der Waals surface area contributed by atoms with Crippen molar-refractivity contribution in [1.29, 1.82) is 0 Å². The third kappa shape index (κ3) is 3.57. The minimum Gasteiger partial charge on any atom is -0.464 e. The number of rotatable bonds is 7. The van der Waals surface area contributed by atoms with Crippen LogP contribution in [0.3, 0.4) is 0 Å². The van der Waals surface area contributed by atoms with Gasteiger partial charge in [-0.3, -0.25) is 9.59 Å². The SMILES string of the molecule is CCC(C)(C)[C@@H](Nc1c(Nc2c(F)ccc3c2CNC3C)c(=O)c1=O)c1ccc(C)o1. The number of hydrogen-bond acceptors (Lipinski definition) is 6. The molecule has 0 spiro atoms. The lowest BCUT2D eigenvalue weighted by atomic mass is 9.80. The van der Waals surface area contributed by atoms with Crippen LogP contribution in [0, 0.1) is 18.2 Å². The van der Waals surface area contributed by atoms with Gasteiger partial charge in [0.05, 0.1) is 11.7 Å². The monoisotopic (exact) mass is 425 g/mol. The third-order valence-corrected chi connectivity index (χ3v) is 6.54. The molecular formula is C24H28FN3O3.